The highest BCUT2D eigenvalue weighted by molar-refractivity contribution is 6.12. The molecule has 1 aliphatic heterocycles. The summed E-state index contributed by atoms with van der Waals surface area (Å²) in [5, 5.41) is 14.1. The fraction of sp³-hybridized carbons (Fsp3) is 0.333. The molecule has 1 heterocycles. The van der Waals surface area contributed by atoms with Gasteiger partial charge in [0.2, 0.25) is 0 Å². The third-order valence-corrected chi connectivity index (χ3v) is 4.70. The van der Waals surface area contributed by atoms with Crippen molar-refractivity contribution in [1.82, 2.24) is 0 Å². The van der Waals surface area contributed by atoms with E-state index in [-0.39, 0.29) is 18.6 Å². The lowest BCUT2D eigenvalue weighted by Crippen LogP contribution is -2.58. The molecule has 0 unspecified atom stereocenters. The van der Waals surface area contributed by atoms with E-state index in [1.165, 1.54) is 0 Å². The maximum absolute atomic E-state index is 13.6. The Morgan fingerprint density at radius 2 is 1.78 bits per heavy atom. The Bertz CT molecular complexity index is 837. The average Bonchev–Trinajstić information content (AvgIpc) is 2.91. The highest BCUT2D eigenvalue weighted by Crippen LogP contribution is 2.45. The van der Waals surface area contributed by atoms with Gasteiger partial charge in [-0.3, -0.25) is 4.79 Å². The summed E-state index contributed by atoms with van der Waals surface area (Å²) < 4.78 is 5.04. The average molecular weight is 368 g/mol. The molecule has 0 saturated carbocycles. The summed E-state index contributed by atoms with van der Waals surface area (Å²) in [5.74, 6) is -1.22. The second kappa shape index (κ2) is 7.40. The summed E-state index contributed by atoms with van der Waals surface area (Å²) in [4.78, 5) is 27.7. The van der Waals surface area contributed by atoms with Crippen molar-refractivity contribution in [2.24, 2.45) is 0 Å². The zero-order chi connectivity index (χ0) is 19.6. The van der Waals surface area contributed by atoms with Gasteiger partial charge >= 0.3 is 5.97 Å². The molecule has 2 atom stereocenters. The summed E-state index contributed by atoms with van der Waals surface area (Å²) in [7, 11) is 0. The minimum atomic E-state index is -1.70. The molecule has 1 amide bonds. The van der Waals surface area contributed by atoms with Gasteiger partial charge in [-0.1, -0.05) is 36.4 Å². The fourth-order valence-electron chi connectivity index (χ4n) is 3.54. The van der Waals surface area contributed by atoms with Crippen molar-refractivity contribution in [3.8, 4) is 0 Å². The van der Waals surface area contributed by atoms with Crippen LogP contribution in [0.4, 0.5) is 11.4 Å². The number of hydrogen-bond donors (Lipinski definition) is 2. The van der Waals surface area contributed by atoms with Gasteiger partial charge in [0.05, 0.1) is 12.3 Å². The molecule has 1 aliphatic rings. The van der Waals surface area contributed by atoms with E-state index >= 15 is 0 Å². The van der Waals surface area contributed by atoms with Crippen molar-refractivity contribution in [3.05, 3.63) is 60.2 Å². The Morgan fingerprint density at radius 3 is 2.41 bits per heavy atom. The molecule has 0 aromatic heterocycles. The Morgan fingerprint density at radius 1 is 1.15 bits per heavy atom. The molecule has 3 rings (SSSR count). The van der Waals surface area contributed by atoms with E-state index in [1.54, 1.807) is 36.1 Å². The van der Waals surface area contributed by atoms with E-state index < -0.39 is 17.6 Å². The summed E-state index contributed by atoms with van der Waals surface area (Å²) in [6.45, 7) is 5.56. The number of nitrogens with zero attached hydrogens (tertiary/aromatic N) is 1. The maximum atomic E-state index is 13.6. The molecule has 2 aromatic rings. The number of anilines is 2. The number of carbonyl (C=O) groups is 2. The van der Waals surface area contributed by atoms with Crippen LogP contribution < -0.4 is 10.2 Å². The topological polar surface area (TPSA) is 78.9 Å². The van der Waals surface area contributed by atoms with Crippen LogP contribution in [0, 0.1) is 0 Å². The van der Waals surface area contributed by atoms with Crippen molar-refractivity contribution in [2.75, 3.05) is 16.8 Å². The molecular formula is C21H24N2O4. The van der Waals surface area contributed by atoms with Crippen LogP contribution in [0.15, 0.2) is 54.6 Å². The number of aliphatic hydroxyl groups is 1. The first-order valence-electron chi connectivity index (χ1n) is 9.04. The Labute approximate surface area is 158 Å². The molecule has 0 radical (unpaired) electrons. The Hall–Kier alpha value is -2.86. The van der Waals surface area contributed by atoms with Gasteiger partial charge < -0.3 is 20.1 Å². The third kappa shape index (κ3) is 3.06. The predicted molar refractivity (Wildman–Crippen MR) is 103 cm³/mol. The first kappa shape index (κ1) is 18.9. The van der Waals surface area contributed by atoms with Gasteiger partial charge in [0.15, 0.2) is 11.6 Å². The number of fused-ring (bicyclic) bond motifs is 1. The van der Waals surface area contributed by atoms with Crippen LogP contribution in [0.3, 0.4) is 0 Å². The summed E-state index contributed by atoms with van der Waals surface area (Å²) >= 11 is 0. The number of hydrogen-bond acceptors (Lipinski definition) is 5. The number of para-hydroxylation sites is 2. The second-order valence-electron chi connectivity index (χ2n) is 6.74. The molecule has 6 heteroatoms. The quantitative estimate of drug-likeness (QED) is 0.767. The number of benzene rings is 2. The number of ether oxygens (including phenoxy) is 1. The second-order valence-corrected chi connectivity index (χ2v) is 6.74. The highest BCUT2D eigenvalue weighted by atomic mass is 16.5. The van der Waals surface area contributed by atoms with Crippen molar-refractivity contribution in [2.45, 2.75) is 38.5 Å². The minimum Gasteiger partial charge on any atom is -0.464 e. The van der Waals surface area contributed by atoms with Gasteiger partial charge in [-0.15, -0.1) is 0 Å². The number of esters is 1. The van der Waals surface area contributed by atoms with E-state index in [0.717, 1.165) is 0 Å². The molecule has 142 valence electrons. The SMILES string of the molecule is CCOC(=O)[C@@H](O)[C@]1(Nc2ccccc2)C(=O)N(C(C)C)c2ccccc21. The standard InChI is InChI=1S/C21H24N2O4/c1-4-27-19(25)18(24)21(22-15-10-6-5-7-11-15)16-12-8-9-13-17(16)23(14(2)3)20(21)26/h5-14,18,22,24H,4H2,1-3H3/t18-,21+/m1/s1. The van der Waals surface area contributed by atoms with E-state index in [4.69, 9.17) is 4.74 Å². The molecule has 6 nitrogen and oxygen atoms in total. The van der Waals surface area contributed by atoms with Gasteiger partial charge in [0.25, 0.3) is 5.91 Å². The van der Waals surface area contributed by atoms with E-state index in [0.29, 0.717) is 16.9 Å². The van der Waals surface area contributed by atoms with Crippen molar-refractivity contribution in [3.63, 3.8) is 0 Å². The largest absolute Gasteiger partial charge is 0.464 e. The van der Waals surface area contributed by atoms with Gasteiger partial charge in [-0.2, -0.15) is 0 Å². The number of nitrogens with one attached hydrogen (secondary N) is 1. The predicted octanol–water partition coefficient (Wildman–Crippen LogP) is 2.67. The van der Waals surface area contributed by atoms with E-state index in [1.807, 2.05) is 44.2 Å². The molecule has 0 bridgehead atoms. The number of carbonyl (C=O) groups excluding carboxylic acids is 2. The molecule has 0 fully saturated rings. The Kier molecular flexibility index (Phi) is 5.19. The smallest absolute Gasteiger partial charge is 0.338 e. The normalized spacial score (nSPS) is 19.7. The van der Waals surface area contributed by atoms with Crippen molar-refractivity contribution < 1.29 is 19.4 Å². The number of amides is 1. The minimum absolute atomic E-state index is 0.112. The zero-order valence-electron chi connectivity index (χ0n) is 15.7. The van der Waals surface area contributed by atoms with Gasteiger partial charge in [0.1, 0.15) is 0 Å². The van der Waals surface area contributed by atoms with Crippen LogP contribution in [0.2, 0.25) is 0 Å². The maximum Gasteiger partial charge on any atom is 0.338 e. The van der Waals surface area contributed by atoms with Crippen LogP contribution in [0.5, 0.6) is 0 Å². The lowest BCUT2D eigenvalue weighted by molar-refractivity contribution is -0.159. The van der Waals surface area contributed by atoms with Crippen LogP contribution >= 0.6 is 0 Å². The lowest BCUT2D eigenvalue weighted by Gasteiger charge is -2.34. The molecular weight excluding hydrogens is 344 g/mol. The van der Waals surface area contributed by atoms with Crippen LogP contribution in [-0.4, -0.2) is 35.7 Å². The third-order valence-electron chi connectivity index (χ3n) is 4.70. The van der Waals surface area contributed by atoms with Gasteiger partial charge in [-0.05, 0) is 39.0 Å². The fourth-order valence-corrected chi connectivity index (χ4v) is 3.54. The first-order valence-corrected chi connectivity index (χ1v) is 9.04. The number of aliphatic hydroxyl groups excluding tert-OH is 1. The van der Waals surface area contributed by atoms with Crippen molar-refractivity contribution >= 4 is 23.3 Å². The van der Waals surface area contributed by atoms with Crippen LogP contribution in [-0.2, 0) is 19.9 Å². The molecule has 2 N–H and O–H groups in total. The monoisotopic (exact) mass is 368 g/mol. The zero-order valence-corrected chi connectivity index (χ0v) is 15.7. The molecule has 0 spiro atoms. The van der Waals surface area contributed by atoms with E-state index in [2.05, 4.69) is 5.32 Å². The van der Waals surface area contributed by atoms with Crippen molar-refractivity contribution in [1.29, 1.82) is 0 Å². The highest BCUT2D eigenvalue weighted by Gasteiger charge is 2.59. The molecule has 27 heavy (non-hydrogen) atoms. The lowest BCUT2D eigenvalue weighted by atomic mass is 9.84. The summed E-state index contributed by atoms with van der Waals surface area (Å²) in [6, 6.07) is 16.1. The summed E-state index contributed by atoms with van der Waals surface area (Å²) in [5.41, 5.74) is 0.182. The first-order chi connectivity index (χ1) is 12.9. The summed E-state index contributed by atoms with van der Waals surface area (Å²) in [6.07, 6.45) is -1.70. The van der Waals surface area contributed by atoms with Crippen LogP contribution in [0.1, 0.15) is 26.3 Å². The molecule has 0 saturated heterocycles. The molecule has 2 aromatic carbocycles. The number of rotatable bonds is 6. The van der Waals surface area contributed by atoms with E-state index in [9.17, 15) is 14.7 Å². The Balaban J connectivity index is 2.20. The molecule has 0 aliphatic carbocycles. The van der Waals surface area contributed by atoms with Gasteiger partial charge in [0, 0.05) is 17.3 Å². The van der Waals surface area contributed by atoms with Gasteiger partial charge in [-0.25, -0.2) is 4.79 Å². The van der Waals surface area contributed by atoms with Crippen LogP contribution in [0.25, 0.3) is 0 Å².